The van der Waals surface area contributed by atoms with Crippen LogP contribution in [-0.4, -0.2) is 60.4 Å². The van der Waals surface area contributed by atoms with Crippen molar-refractivity contribution < 1.29 is 24.2 Å². The van der Waals surface area contributed by atoms with E-state index in [2.05, 4.69) is 0 Å². The van der Waals surface area contributed by atoms with Crippen LogP contribution in [0.3, 0.4) is 0 Å². The van der Waals surface area contributed by atoms with Crippen molar-refractivity contribution in [2.45, 2.75) is 18.2 Å². The molecule has 1 N–H and O–H groups in total. The second-order valence-corrected chi connectivity index (χ2v) is 3.40. The van der Waals surface area contributed by atoms with Crippen LogP contribution in [0.2, 0.25) is 0 Å². The van der Waals surface area contributed by atoms with Gasteiger partial charge in [0.15, 0.2) is 5.78 Å². The van der Waals surface area contributed by atoms with Gasteiger partial charge in [0.1, 0.15) is 24.9 Å². The topological polar surface area (TPSA) is 76.1 Å². The molecule has 2 saturated heterocycles. The largest absolute Gasteiger partial charge is 0.465 e. The van der Waals surface area contributed by atoms with E-state index in [1.54, 1.807) is 0 Å². The highest BCUT2D eigenvalue weighted by Crippen LogP contribution is 2.28. The minimum Gasteiger partial charge on any atom is -0.465 e. The maximum atomic E-state index is 11.3. The van der Waals surface area contributed by atoms with E-state index in [9.17, 15) is 9.59 Å². The monoisotopic (exact) mass is 201 g/mol. The lowest BCUT2D eigenvalue weighted by Gasteiger charge is -2.16. The first-order valence-corrected chi connectivity index (χ1v) is 4.32. The van der Waals surface area contributed by atoms with E-state index in [1.807, 2.05) is 0 Å². The van der Waals surface area contributed by atoms with Gasteiger partial charge in [-0.15, -0.1) is 0 Å². The number of amides is 1. The van der Waals surface area contributed by atoms with Gasteiger partial charge < -0.3 is 14.6 Å². The normalized spacial score (nSPS) is 36.2. The number of rotatable bonds is 1. The summed E-state index contributed by atoms with van der Waals surface area (Å²) in [4.78, 5) is 23.3. The van der Waals surface area contributed by atoms with E-state index >= 15 is 0 Å². The molecule has 6 nitrogen and oxygen atoms in total. The van der Waals surface area contributed by atoms with Crippen molar-refractivity contribution in [3.63, 3.8) is 0 Å². The molecule has 6 heteroatoms. The van der Waals surface area contributed by atoms with Gasteiger partial charge in [0.25, 0.3) is 0 Å². The molecule has 0 unspecified atom stereocenters. The standard InChI is InChI=1S/C8H11NO5/c1-13-5-2-9(8(11)12)6-4(10)3-14-7(5)6/h5-7H,2-3H2,1H3,(H,11,12)/t5-,6-,7-/m1/s1. The second kappa shape index (κ2) is 3.21. The molecule has 2 rings (SSSR count). The summed E-state index contributed by atoms with van der Waals surface area (Å²) in [7, 11) is 1.49. The zero-order valence-electron chi connectivity index (χ0n) is 7.67. The summed E-state index contributed by atoms with van der Waals surface area (Å²) in [5.74, 6) is -0.183. The third-order valence-electron chi connectivity index (χ3n) is 2.69. The number of fused-ring (bicyclic) bond motifs is 1. The summed E-state index contributed by atoms with van der Waals surface area (Å²) in [5.41, 5.74) is 0. The van der Waals surface area contributed by atoms with Crippen molar-refractivity contribution >= 4 is 11.9 Å². The van der Waals surface area contributed by atoms with Gasteiger partial charge in [-0.1, -0.05) is 0 Å². The Morgan fingerprint density at radius 1 is 1.71 bits per heavy atom. The number of carboxylic acid groups (broad SMARTS) is 1. The van der Waals surface area contributed by atoms with E-state index in [0.29, 0.717) is 0 Å². The summed E-state index contributed by atoms with van der Waals surface area (Å²) in [6, 6.07) is -0.669. The van der Waals surface area contributed by atoms with Crippen LogP contribution in [0.25, 0.3) is 0 Å². The number of hydrogen-bond acceptors (Lipinski definition) is 4. The van der Waals surface area contributed by atoms with Gasteiger partial charge in [-0.25, -0.2) is 4.79 Å². The summed E-state index contributed by atoms with van der Waals surface area (Å²) >= 11 is 0. The Hall–Kier alpha value is -1.14. The Bertz CT molecular complexity index is 279. The molecule has 2 aliphatic rings. The highest BCUT2D eigenvalue weighted by atomic mass is 16.5. The van der Waals surface area contributed by atoms with Gasteiger partial charge in [0.05, 0.1) is 6.54 Å². The highest BCUT2D eigenvalue weighted by molar-refractivity contribution is 5.91. The minimum atomic E-state index is -1.10. The number of ketones is 1. The predicted octanol–water partition coefficient (Wildman–Crippen LogP) is -0.669. The number of methoxy groups -OCH3 is 1. The van der Waals surface area contributed by atoms with Gasteiger partial charge in [-0.2, -0.15) is 0 Å². The van der Waals surface area contributed by atoms with Crippen LogP contribution in [-0.2, 0) is 14.3 Å². The predicted molar refractivity (Wildman–Crippen MR) is 44.1 cm³/mol. The molecule has 0 aromatic heterocycles. The summed E-state index contributed by atoms with van der Waals surface area (Å²) < 4.78 is 10.3. The number of likely N-dealkylation sites (tertiary alicyclic amines) is 1. The van der Waals surface area contributed by atoms with Crippen molar-refractivity contribution in [1.82, 2.24) is 4.90 Å². The molecule has 3 atom stereocenters. The van der Waals surface area contributed by atoms with Crippen molar-refractivity contribution in [2.24, 2.45) is 0 Å². The number of carbonyl (C=O) groups excluding carboxylic acids is 1. The number of Topliss-reactive ketones (excluding diaryl/α,β-unsaturated/α-hetero) is 1. The van der Waals surface area contributed by atoms with Crippen molar-refractivity contribution in [3.8, 4) is 0 Å². The minimum absolute atomic E-state index is 0.0149. The maximum absolute atomic E-state index is 11.3. The Morgan fingerprint density at radius 3 is 3.00 bits per heavy atom. The molecule has 0 aromatic rings. The van der Waals surface area contributed by atoms with Crippen LogP contribution in [0.5, 0.6) is 0 Å². The van der Waals surface area contributed by atoms with Crippen LogP contribution >= 0.6 is 0 Å². The van der Waals surface area contributed by atoms with E-state index in [4.69, 9.17) is 14.6 Å². The molecule has 0 aliphatic carbocycles. The average Bonchev–Trinajstić information content (AvgIpc) is 2.66. The molecule has 2 fully saturated rings. The van der Waals surface area contributed by atoms with Gasteiger partial charge in [-0.3, -0.25) is 9.69 Å². The Labute approximate surface area is 80.4 Å². The average molecular weight is 201 g/mol. The molecule has 2 heterocycles. The lowest BCUT2D eigenvalue weighted by Crippen LogP contribution is -2.41. The number of carbonyl (C=O) groups is 2. The Balaban J connectivity index is 2.23. The zero-order valence-corrected chi connectivity index (χ0v) is 7.67. The van der Waals surface area contributed by atoms with E-state index in [-0.39, 0.29) is 25.0 Å². The van der Waals surface area contributed by atoms with Crippen LogP contribution in [0, 0.1) is 0 Å². The SMILES string of the molecule is CO[C@@H]1CN(C(=O)O)[C@@H]2C(=O)CO[C@@H]21. The van der Waals surface area contributed by atoms with E-state index < -0.39 is 18.2 Å². The fourth-order valence-corrected chi connectivity index (χ4v) is 2.02. The molecule has 14 heavy (non-hydrogen) atoms. The second-order valence-electron chi connectivity index (χ2n) is 3.40. The molecule has 0 aromatic carbocycles. The smallest absolute Gasteiger partial charge is 0.408 e. The van der Waals surface area contributed by atoms with Gasteiger partial charge in [-0.05, 0) is 0 Å². The van der Waals surface area contributed by atoms with Gasteiger partial charge >= 0.3 is 6.09 Å². The van der Waals surface area contributed by atoms with Crippen LogP contribution in [0.15, 0.2) is 0 Å². The molecule has 0 spiro atoms. The summed E-state index contributed by atoms with van der Waals surface area (Å²) in [6.45, 7) is 0.186. The molecule has 0 radical (unpaired) electrons. The number of hydrogen-bond donors (Lipinski definition) is 1. The number of nitrogens with zero attached hydrogens (tertiary/aromatic N) is 1. The van der Waals surface area contributed by atoms with Crippen LogP contribution in [0.4, 0.5) is 4.79 Å². The molecule has 0 saturated carbocycles. The first-order chi connectivity index (χ1) is 6.65. The maximum Gasteiger partial charge on any atom is 0.408 e. The van der Waals surface area contributed by atoms with Crippen molar-refractivity contribution in [1.29, 1.82) is 0 Å². The molecular formula is C8H11NO5. The molecular weight excluding hydrogens is 190 g/mol. The fourth-order valence-electron chi connectivity index (χ4n) is 2.02. The van der Waals surface area contributed by atoms with E-state index in [0.717, 1.165) is 4.90 Å². The lowest BCUT2D eigenvalue weighted by molar-refractivity contribution is -0.121. The van der Waals surface area contributed by atoms with Crippen molar-refractivity contribution in [2.75, 3.05) is 20.3 Å². The third-order valence-corrected chi connectivity index (χ3v) is 2.69. The number of ether oxygens (including phenoxy) is 2. The first kappa shape index (κ1) is 9.42. The quantitative estimate of drug-likeness (QED) is 0.609. The molecule has 0 bridgehead atoms. The summed E-state index contributed by atoms with van der Waals surface area (Å²) in [5, 5.41) is 8.85. The molecule has 2 aliphatic heterocycles. The lowest BCUT2D eigenvalue weighted by atomic mass is 10.1. The van der Waals surface area contributed by atoms with Gasteiger partial charge in [0, 0.05) is 7.11 Å². The highest BCUT2D eigenvalue weighted by Gasteiger charge is 2.52. The van der Waals surface area contributed by atoms with Crippen molar-refractivity contribution in [3.05, 3.63) is 0 Å². The molecule has 78 valence electrons. The van der Waals surface area contributed by atoms with Crippen LogP contribution < -0.4 is 0 Å². The fraction of sp³-hybridized carbons (Fsp3) is 0.750. The third kappa shape index (κ3) is 1.18. The van der Waals surface area contributed by atoms with Crippen LogP contribution in [0.1, 0.15) is 0 Å². The van der Waals surface area contributed by atoms with E-state index in [1.165, 1.54) is 7.11 Å². The van der Waals surface area contributed by atoms with Gasteiger partial charge in [0.2, 0.25) is 0 Å². The summed E-state index contributed by atoms with van der Waals surface area (Å²) in [6.07, 6.45) is -1.86. The first-order valence-electron chi connectivity index (χ1n) is 4.32. The zero-order chi connectivity index (χ0) is 10.3. The molecule has 1 amide bonds. The Morgan fingerprint density at radius 2 is 2.43 bits per heavy atom. The Kier molecular flexibility index (Phi) is 2.16.